The fourth-order valence-electron chi connectivity index (χ4n) is 3.30. The van der Waals surface area contributed by atoms with Crippen molar-refractivity contribution in [3.63, 3.8) is 0 Å². The van der Waals surface area contributed by atoms with Gasteiger partial charge in [-0.3, -0.25) is 0 Å². The second-order valence-electron chi connectivity index (χ2n) is 5.94. The summed E-state index contributed by atoms with van der Waals surface area (Å²) in [7, 11) is 2.29. The molecule has 0 saturated heterocycles. The van der Waals surface area contributed by atoms with Crippen LogP contribution >= 0.6 is 0 Å². The largest absolute Gasteiger partial charge is 0.329 e. The van der Waals surface area contributed by atoms with Crippen LogP contribution in [-0.4, -0.2) is 31.1 Å². The van der Waals surface area contributed by atoms with Gasteiger partial charge in [0, 0.05) is 19.1 Å². The zero-order chi connectivity index (χ0) is 11.4. The summed E-state index contributed by atoms with van der Waals surface area (Å²) >= 11 is 0. The lowest BCUT2D eigenvalue weighted by Crippen LogP contribution is -2.42. The van der Waals surface area contributed by atoms with Crippen LogP contribution in [0, 0.1) is 11.8 Å². The highest BCUT2D eigenvalue weighted by Crippen LogP contribution is 2.35. The molecule has 0 amide bonds. The van der Waals surface area contributed by atoms with Crippen LogP contribution in [-0.2, 0) is 0 Å². The maximum atomic E-state index is 5.91. The van der Waals surface area contributed by atoms with Gasteiger partial charge in [-0.1, -0.05) is 25.7 Å². The molecule has 2 aliphatic carbocycles. The van der Waals surface area contributed by atoms with Crippen molar-refractivity contribution in [1.82, 2.24) is 4.90 Å². The number of rotatable bonds is 5. The van der Waals surface area contributed by atoms with Crippen molar-refractivity contribution in [2.75, 3.05) is 20.1 Å². The molecule has 1 atom stereocenters. The van der Waals surface area contributed by atoms with E-state index in [9.17, 15) is 0 Å². The van der Waals surface area contributed by atoms with Gasteiger partial charge in [-0.2, -0.15) is 0 Å². The van der Waals surface area contributed by atoms with Crippen LogP contribution in [0.25, 0.3) is 0 Å². The minimum absolute atomic E-state index is 0.670. The van der Waals surface area contributed by atoms with E-state index in [4.69, 9.17) is 5.73 Å². The fourth-order valence-corrected chi connectivity index (χ4v) is 3.30. The quantitative estimate of drug-likeness (QED) is 0.727. The summed E-state index contributed by atoms with van der Waals surface area (Å²) in [6.45, 7) is 2.15. The number of nitrogens with two attached hydrogens (primary N) is 1. The molecule has 2 nitrogen and oxygen atoms in total. The third-order valence-electron chi connectivity index (χ3n) is 4.49. The Kier molecular flexibility index (Phi) is 4.66. The van der Waals surface area contributed by atoms with Crippen molar-refractivity contribution >= 4 is 0 Å². The van der Waals surface area contributed by atoms with Crippen LogP contribution in [0.3, 0.4) is 0 Å². The molecule has 2 heteroatoms. The highest BCUT2D eigenvalue weighted by Gasteiger charge is 2.33. The molecular formula is C14H28N2. The Labute approximate surface area is 101 Å². The first kappa shape index (κ1) is 12.4. The average molecular weight is 224 g/mol. The minimum Gasteiger partial charge on any atom is -0.329 e. The van der Waals surface area contributed by atoms with Gasteiger partial charge in [-0.05, 0) is 44.6 Å². The van der Waals surface area contributed by atoms with Crippen molar-refractivity contribution in [2.24, 2.45) is 17.6 Å². The number of nitrogens with zero attached hydrogens (tertiary/aromatic N) is 1. The summed E-state index contributed by atoms with van der Waals surface area (Å²) in [4.78, 5) is 2.56. The van der Waals surface area contributed by atoms with Gasteiger partial charge < -0.3 is 10.6 Å². The number of hydrogen-bond acceptors (Lipinski definition) is 2. The van der Waals surface area contributed by atoms with Crippen LogP contribution in [0.15, 0.2) is 0 Å². The van der Waals surface area contributed by atoms with Crippen LogP contribution in [0.1, 0.15) is 51.4 Å². The Morgan fingerprint density at radius 1 is 1.06 bits per heavy atom. The lowest BCUT2D eigenvalue weighted by molar-refractivity contribution is 0.183. The van der Waals surface area contributed by atoms with Gasteiger partial charge in [0.15, 0.2) is 0 Å². The summed E-state index contributed by atoms with van der Waals surface area (Å²) in [5.74, 6) is 1.86. The fraction of sp³-hybridized carbons (Fsp3) is 1.00. The third kappa shape index (κ3) is 3.46. The summed E-state index contributed by atoms with van der Waals surface area (Å²) in [6, 6.07) is 0.670. The smallest absolute Gasteiger partial charge is 0.0243 e. The van der Waals surface area contributed by atoms with E-state index in [0.717, 1.165) is 18.4 Å². The van der Waals surface area contributed by atoms with E-state index < -0.39 is 0 Å². The van der Waals surface area contributed by atoms with Crippen LogP contribution in [0.5, 0.6) is 0 Å². The Morgan fingerprint density at radius 3 is 2.19 bits per heavy atom. The molecule has 2 aliphatic rings. The van der Waals surface area contributed by atoms with Gasteiger partial charge in [0.25, 0.3) is 0 Å². The van der Waals surface area contributed by atoms with Gasteiger partial charge >= 0.3 is 0 Å². The van der Waals surface area contributed by atoms with E-state index in [2.05, 4.69) is 11.9 Å². The van der Waals surface area contributed by atoms with E-state index in [-0.39, 0.29) is 0 Å². The van der Waals surface area contributed by atoms with Crippen molar-refractivity contribution in [2.45, 2.75) is 57.4 Å². The summed E-state index contributed by atoms with van der Waals surface area (Å²) in [5.41, 5.74) is 5.91. The predicted octanol–water partition coefficient (Wildman–Crippen LogP) is 2.63. The molecule has 0 aromatic carbocycles. The number of likely N-dealkylation sites (N-methyl/N-ethyl adjacent to an activating group) is 1. The Morgan fingerprint density at radius 2 is 1.69 bits per heavy atom. The van der Waals surface area contributed by atoms with Crippen LogP contribution in [0.2, 0.25) is 0 Å². The Balaban J connectivity index is 1.77. The normalized spacial score (nSPS) is 25.7. The number of hydrogen-bond donors (Lipinski definition) is 1. The van der Waals surface area contributed by atoms with E-state index in [1.165, 1.54) is 57.9 Å². The van der Waals surface area contributed by atoms with Gasteiger partial charge in [0.1, 0.15) is 0 Å². The standard InChI is InChI=1S/C14H28N2/c1-16(14(10-15)13-8-9-13)11-12-6-4-2-3-5-7-12/h12-14H,2-11,15H2,1H3. The highest BCUT2D eigenvalue weighted by atomic mass is 15.1. The molecule has 0 spiro atoms. The van der Waals surface area contributed by atoms with E-state index in [0.29, 0.717) is 6.04 Å². The summed E-state index contributed by atoms with van der Waals surface area (Å²) < 4.78 is 0. The second kappa shape index (κ2) is 6.02. The van der Waals surface area contributed by atoms with Gasteiger partial charge in [-0.25, -0.2) is 0 Å². The molecule has 2 fully saturated rings. The molecular weight excluding hydrogens is 196 g/mol. The molecule has 2 N–H and O–H groups in total. The van der Waals surface area contributed by atoms with Crippen LogP contribution in [0.4, 0.5) is 0 Å². The topological polar surface area (TPSA) is 29.3 Å². The maximum absolute atomic E-state index is 5.91. The molecule has 0 aromatic heterocycles. The van der Waals surface area contributed by atoms with Crippen molar-refractivity contribution in [3.8, 4) is 0 Å². The minimum atomic E-state index is 0.670. The molecule has 16 heavy (non-hydrogen) atoms. The van der Waals surface area contributed by atoms with Crippen molar-refractivity contribution < 1.29 is 0 Å². The van der Waals surface area contributed by atoms with Crippen LogP contribution < -0.4 is 5.73 Å². The first-order valence-corrected chi connectivity index (χ1v) is 7.21. The first-order valence-electron chi connectivity index (χ1n) is 7.21. The molecule has 0 radical (unpaired) electrons. The molecule has 2 rings (SSSR count). The molecule has 1 unspecified atom stereocenters. The molecule has 0 aliphatic heterocycles. The second-order valence-corrected chi connectivity index (χ2v) is 5.94. The monoisotopic (exact) mass is 224 g/mol. The molecule has 94 valence electrons. The van der Waals surface area contributed by atoms with Gasteiger partial charge in [-0.15, -0.1) is 0 Å². The van der Waals surface area contributed by atoms with Gasteiger partial charge in [0.2, 0.25) is 0 Å². The van der Waals surface area contributed by atoms with E-state index in [1.54, 1.807) is 0 Å². The average Bonchev–Trinajstić information content (AvgIpc) is 3.06. The lowest BCUT2D eigenvalue weighted by atomic mass is 9.98. The summed E-state index contributed by atoms with van der Waals surface area (Å²) in [6.07, 6.45) is 11.6. The molecule has 0 bridgehead atoms. The predicted molar refractivity (Wildman–Crippen MR) is 69.4 cm³/mol. The Bertz CT molecular complexity index is 193. The van der Waals surface area contributed by atoms with E-state index in [1.807, 2.05) is 0 Å². The molecule has 0 heterocycles. The lowest BCUT2D eigenvalue weighted by Gasteiger charge is -2.30. The SMILES string of the molecule is CN(CC1CCCCCC1)C(CN)C1CC1. The summed E-state index contributed by atoms with van der Waals surface area (Å²) in [5, 5.41) is 0. The maximum Gasteiger partial charge on any atom is 0.0243 e. The first-order chi connectivity index (χ1) is 7.81. The zero-order valence-corrected chi connectivity index (χ0v) is 10.8. The zero-order valence-electron chi connectivity index (χ0n) is 10.8. The third-order valence-corrected chi connectivity index (χ3v) is 4.49. The highest BCUT2D eigenvalue weighted by molar-refractivity contribution is 4.88. The molecule has 2 saturated carbocycles. The molecule has 0 aromatic rings. The van der Waals surface area contributed by atoms with Crippen molar-refractivity contribution in [3.05, 3.63) is 0 Å². The van der Waals surface area contributed by atoms with Gasteiger partial charge in [0.05, 0.1) is 0 Å². The van der Waals surface area contributed by atoms with E-state index >= 15 is 0 Å². The van der Waals surface area contributed by atoms with Crippen molar-refractivity contribution in [1.29, 1.82) is 0 Å². The Hall–Kier alpha value is -0.0800.